The molecule has 0 aliphatic rings. The maximum absolute atomic E-state index is 5.05. The van der Waals surface area contributed by atoms with Crippen LogP contribution in [0.25, 0.3) is 0 Å². The third-order valence-corrected chi connectivity index (χ3v) is 0.816. The molecule has 0 aromatic heterocycles. The fourth-order valence-electron chi connectivity index (χ4n) is 0.280. The van der Waals surface area contributed by atoms with Gasteiger partial charge in [0.05, 0.1) is 6.61 Å². The predicted molar refractivity (Wildman–Crippen MR) is 34.9 cm³/mol. The average Bonchev–Trinajstić information content (AvgIpc) is 1.61. The second-order valence-electron chi connectivity index (χ2n) is 1.44. The third-order valence-electron chi connectivity index (χ3n) is 0.552. The van der Waals surface area contributed by atoms with Gasteiger partial charge in [0.15, 0.2) is 0 Å². The SMILES string of the molecule is CCOCC(C)Br. The summed E-state index contributed by atoms with van der Waals surface area (Å²) in [6, 6.07) is 0. The first kappa shape index (κ1) is 7.44. The topological polar surface area (TPSA) is 9.23 Å². The van der Waals surface area contributed by atoms with Gasteiger partial charge in [0.1, 0.15) is 0 Å². The quantitative estimate of drug-likeness (QED) is 0.582. The van der Waals surface area contributed by atoms with Crippen molar-refractivity contribution in [2.24, 2.45) is 0 Å². The summed E-state index contributed by atoms with van der Waals surface area (Å²) in [7, 11) is 0. The van der Waals surface area contributed by atoms with Gasteiger partial charge in [-0.3, -0.25) is 0 Å². The maximum atomic E-state index is 5.05. The summed E-state index contributed by atoms with van der Waals surface area (Å²) in [6.07, 6.45) is 0. The molecule has 0 saturated heterocycles. The predicted octanol–water partition coefficient (Wildman–Crippen LogP) is 1.81. The van der Waals surface area contributed by atoms with E-state index < -0.39 is 0 Å². The Balaban J connectivity index is 2.68. The van der Waals surface area contributed by atoms with Crippen LogP contribution in [-0.2, 0) is 4.74 Å². The Kier molecular flexibility index (Phi) is 4.88. The van der Waals surface area contributed by atoms with Crippen LogP contribution in [-0.4, -0.2) is 18.0 Å². The van der Waals surface area contributed by atoms with Gasteiger partial charge in [-0.2, -0.15) is 0 Å². The lowest BCUT2D eigenvalue weighted by molar-refractivity contribution is 0.152. The van der Waals surface area contributed by atoms with Crippen molar-refractivity contribution in [1.82, 2.24) is 0 Å². The Morgan fingerprint density at radius 2 is 2.29 bits per heavy atom. The molecule has 0 spiro atoms. The summed E-state index contributed by atoms with van der Waals surface area (Å²) < 4.78 is 5.05. The zero-order chi connectivity index (χ0) is 5.70. The molecule has 0 aromatic rings. The molecule has 0 aliphatic carbocycles. The highest BCUT2D eigenvalue weighted by molar-refractivity contribution is 9.09. The van der Waals surface area contributed by atoms with E-state index in [1.54, 1.807) is 0 Å². The van der Waals surface area contributed by atoms with Crippen LogP contribution in [0, 0.1) is 0 Å². The van der Waals surface area contributed by atoms with Crippen molar-refractivity contribution in [2.75, 3.05) is 13.2 Å². The highest BCUT2D eigenvalue weighted by Gasteiger charge is 1.90. The monoisotopic (exact) mass is 166 g/mol. The minimum absolute atomic E-state index is 0.493. The average molecular weight is 167 g/mol. The minimum atomic E-state index is 0.493. The van der Waals surface area contributed by atoms with E-state index in [4.69, 9.17) is 4.74 Å². The molecule has 7 heavy (non-hydrogen) atoms. The lowest BCUT2D eigenvalue weighted by Crippen LogP contribution is -2.02. The molecular formula is C5H11BrO. The number of alkyl halides is 1. The van der Waals surface area contributed by atoms with Gasteiger partial charge in [-0.25, -0.2) is 0 Å². The minimum Gasteiger partial charge on any atom is -0.381 e. The second kappa shape index (κ2) is 4.60. The number of hydrogen-bond donors (Lipinski definition) is 0. The molecule has 1 nitrogen and oxygen atoms in total. The van der Waals surface area contributed by atoms with Crippen LogP contribution >= 0.6 is 15.9 Å². The lowest BCUT2D eigenvalue weighted by atomic mass is 10.5. The van der Waals surface area contributed by atoms with Crippen LogP contribution in [0.5, 0.6) is 0 Å². The van der Waals surface area contributed by atoms with E-state index in [1.165, 1.54) is 0 Å². The number of hydrogen-bond acceptors (Lipinski definition) is 1. The fourth-order valence-corrected chi connectivity index (χ4v) is 0.467. The van der Waals surface area contributed by atoms with Crippen molar-refractivity contribution >= 4 is 15.9 Å². The summed E-state index contributed by atoms with van der Waals surface area (Å²) in [5.41, 5.74) is 0. The molecule has 0 amide bonds. The van der Waals surface area contributed by atoms with Crippen LogP contribution in [0.15, 0.2) is 0 Å². The van der Waals surface area contributed by atoms with E-state index in [2.05, 4.69) is 22.9 Å². The van der Waals surface area contributed by atoms with Gasteiger partial charge in [0.2, 0.25) is 0 Å². The van der Waals surface area contributed by atoms with Crippen LogP contribution in [0.4, 0.5) is 0 Å². The molecule has 0 saturated carbocycles. The van der Waals surface area contributed by atoms with Gasteiger partial charge in [0, 0.05) is 11.4 Å². The maximum Gasteiger partial charge on any atom is 0.0588 e. The van der Waals surface area contributed by atoms with E-state index in [9.17, 15) is 0 Å². The zero-order valence-electron chi connectivity index (χ0n) is 4.78. The summed E-state index contributed by atoms with van der Waals surface area (Å²) in [4.78, 5) is 0.493. The van der Waals surface area contributed by atoms with Crippen LogP contribution in [0.2, 0.25) is 0 Å². The molecule has 0 bridgehead atoms. The molecule has 0 N–H and O–H groups in total. The molecule has 0 aliphatic heterocycles. The largest absolute Gasteiger partial charge is 0.381 e. The molecular weight excluding hydrogens is 156 g/mol. The Bertz CT molecular complexity index is 37.1. The van der Waals surface area contributed by atoms with E-state index in [0.29, 0.717) is 4.83 Å². The van der Waals surface area contributed by atoms with Crippen molar-refractivity contribution in [3.63, 3.8) is 0 Å². The molecule has 1 unspecified atom stereocenters. The van der Waals surface area contributed by atoms with E-state index >= 15 is 0 Å². The summed E-state index contributed by atoms with van der Waals surface area (Å²) >= 11 is 3.35. The summed E-state index contributed by atoms with van der Waals surface area (Å²) in [5, 5.41) is 0. The van der Waals surface area contributed by atoms with Crippen molar-refractivity contribution < 1.29 is 4.74 Å². The van der Waals surface area contributed by atoms with Crippen molar-refractivity contribution in [1.29, 1.82) is 0 Å². The fraction of sp³-hybridized carbons (Fsp3) is 1.00. The molecule has 0 heterocycles. The molecule has 0 aromatic carbocycles. The van der Waals surface area contributed by atoms with Gasteiger partial charge < -0.3 is 4.74 Å². The first-order valence-electron chi connectivity index (χ1n) is 2.49. The van der Waals surface area contributed by atoms with Crippen molar-refractivity contribution in [3.8, 4) is 0 Å². The Hall–Kier alpha value is 0.440. The van der Waals surface area contributed by atoms with E-state index in [-0.39, 0.29) is 0 Å². The van der Waals surface area contributed by atoms with Gasteiger partial charge in [-0.15, -0.1) is 0 Å². The Labute approximate surface area is 53.2 Å². The molecule has 1 atom stereocenters. The van der Waals surface area contributed by atoms with Gasteiger partial charge in [-0.1, -0.05) is 22.9 Å². The van der Waals surface area contributed by atoms with Crippen molar-refractivity contribution in [2.45, 2.75) is 18.7 Å². The number of ether oxygens (including phenoxy) is 1. The van der Waals surface area contributed by atoms with Crippen LogP contribution in [0.1, 0.15) is 13.8 Å². The van der Waals surface area contributed by atoms with E-state index in [1.807, 2.05) is 6.92 Å². The first-order valence-corrected chi connectivity index (χ1v) is 3.40. The highest BCUT2D eigenvalue weighted by Crippen LogP contribution is 1.95. The number of halogens is 1. The first-order chi connectivity index (χ1) is 3.27. The molecule has 44 valence electrons. The Morgan fingerprint density at radius 3 is 2.43 bits per heavy atom. The smallest absolute Gasteiger partial charge is 0.0588 e. The van der Waals surface area contributed by atoms with Crippen LogP contribution < -0.4 is 0 Å². The normalized spacial score (nSPS) is 14.1. The van der Waals surface area contributed by atoms with Gasteiger partial charge >= 0.3 is 0 Å². The molecule has 2 heteroatoms. The van der Waals surface area contributed by atoms with Crippen molar-refractivity contribution in [3.05, 3.63) is 0 Å². The second-order valence-corrected chi connectivity index (χ2v) is 3.00. The summed E-state index contributed by atoms with van der Waals surface area (Å²) in [5.74, 6) is 0. The standard InChI is InChI=1S/C5H11BrO/c1-3-7-4-5(2)6/h5H,3-4H2,1-2H3. The van der Waals surface area contributed by atoms with Gasteiger partial charge in [0.25, 0.3) is 0 Å². The summed E-state index contributed by atoms with van der Waals surface area (Å²) in [6.45, 7) is 5.69. The molecule has 0 radical (unpaired) electrons. The lowest BCUT2D eigenvalue weighted by Gasteiger charge is -1.99. The highest BCUT2D eigenvalue weighted by atomic mass is 79.9. The van der Waals surface area contributed by atoms with Crippen LogP contribution in [0.3, 0.4) is 0 Å². The van der Waals surface area contributed by atoms with Gasteiger partial charge in [-0.05, 0) is 6.92 Å². The molecule has 0 rings (SSSR count). The third kappa shape index (κ3) is 6.44. The van der Waals surface area contributed by atoms with E-state index in [0.717, 1.165) is 13.2 Å². The number of rotatable bonds is 3. The zero-order valence-corrected chi connectivity index (χ0v) is 6.36. The Morgan fingerprint density at radius 1 is 1.71 bits per heavy atom. The molecule has 0 fully saturated rings.